The van der Waals surface area contributed by atoms with Gasteiger partial charge < -0.3 is 15.0 Å². The Kier molecular flexibility index (Phi) is 4.97. The molecule has 0 spiro atoms. The summed E-state index contributed by atoms with van der Waals surface area (Å²) in [5.74, 6) is 1.09. The number of hydrogen-bond acceptors (Lipinski definition) is 6. The molecule has 7 heteroatoms. The van der Waals surface area contributed by atoms with Crippen LogP contribution in [-0.2, 0) is 13.0 Å². The van der Waals surface area contributed by atoms with Crippen molar-refractivity contribution in [1.82, 2.24) is 15.1 Å². The molecule has 1 aromatic carbocycles. The SMILES string of the molecule is Nc1ncccc1-c1cc(Cc2ccc(OCc3ccccc3F)nc2)no1. The predicted octanol–water partition coefficient (Wildman–Crippen LogP) is 4.02. The van der Waals surface area contributed by atoms with Gasteiger partial charge in [-0.25, -0.2) is 14.4 Å². The van der Waals surface area contributed by atoms with Crippen LogP contribution in [0.4, 0.5) is 10.2 Å². The van der Waals surface area contributed by atoms with Gasteiger partial charge in [-0.3, -0.25) is 0 Å². The van der Waals surface area contributed by atoms with E-state index in [9.17, 15) is 4.39 Å². The van der Waals surface area contributed by atoms with Crippen LogP contribution in [0, 0.1) is 5.82 Å². The molecule has 3 aromatic heterocycles. The fraction of sp³-hybridized carbons (Fsp3) is 0.0952. The molecule has 28 heavy (non-hydrogen) atoms. The molecule has 0 fully saturated rings. The van der Waals surface area contributed by atoms with Crippen molar-refractivity contribution in [2.75, 3.05) is 5.73 Å². The minimum atomic E-state index is -0.296. The lowest BCUT2D eigenvalue weighted by Crippen LogP contribution is -2.00. The molecule has 140 valence electrons. The third-order valence-corrected chi connectivity index (χ3v) is 4.18. The Morgan fingerprint density at radius 2 is 1.93 bits per heavy atom. The first-order chi connectivity index (χ1) is 13.7. The van der Waals surface area contributed by atoms with Gasteiger partial charge in [-0.1, -0.05) is 29.4 Å². The summed E-state index contributed by atoms with van der Waals surface area (Å²) in [4.78, 5) is 8.31. The van der Waals surface area contributed by atoms with E-state index < -0.39 is 0 Å². The maximum Gasteiger partial charge on any atom is 0.213 e. The number of hydrogen-bond donors (Lipinski definition) is 1. The maximum absolute atomic E-state index is 13.6. The van der Waals surface area contributed by atoms with Crippen LogP contribution < -0.4 is 10.5 Å². The summed E-state index contributed by atoms with van der Waals surface area (Å²) in [6.07, 6.45) is 3.87. The van der Waals surface area contributed by atoms with Gasteiger partial charge in [0.05, 0.1) is 11.3 Å². The van der Waals surface area contributed by atoms with Gasteiger partial charge in [0.2, 0.25) is 5.88 Å². The minimum absolute atomic E-state index is 0.123. The van der Waals surface area contributed by atoms with E-state index in [0.29, 0.717) is 35.0 Å². The topological polar surface area (TPSA) is 87.1 Å². The third kappa shape index (κ3) is 3.98. The molecule has 0 bridgehead atoms. The highest BCUT2D eigenvalue weighted by molar-refractivity contribution is 5.69. The monoisotopic (exact) mass is 376 g/mol. The Morgan fingerprint density at radius 3 is 2.71 bits per heavy atom. The zero-order valence-electron chi connectivity index (χ0n) is 14.9. The van der Waals surface area contributed by atoms with Crippen LogP contribution >= 0.6 is 0 Å². The zero-order valence-corrected chi connectivity index (χ0v) is 14.9. The second kappa shape index (κ2) is 7.87. The van der Waals surface area contributed by atoms with Gasteiger partial charge in [0.25, 0.3) is 0 Å². The molecule has 4 rings (SSSR count). The number of nitrogens with zero attached hydrogens (tertiary/aromatic N) is 3. The van der Waals surface area contributed by atoms with E-state index >= 15 is 0 Å². The molecule has 3 heterocycles. The number of halogens is 1. The summed E-state index contributed by atoms with van der Waals surface area (Å²) in [6.45, 7) is 0.123. The van der Waals surface area contributed by atoms with Crippen molar-refractivity contribution in [3.8, 4) is 17.2 Å². The lowest BCUT2D eigenvalue weighted by Gasteiger charge is -2.06. The number of aromatic nitrogens is 3. The molecule has 2 N–H and O–H groups in total. The van der Waals surface area contributed by atoms with Gasteiger partial charge in [0.1, 0.15) is 18.2 Å². The Morgan fingerprint density at radius 1 is 1.04 bits per heavy atom. The lowest BCUT2D eigenvalue weighted by atomic mass is 10.1. The number of pyridine rings is 2. The molecule has 0 aliphatic carbocycles. The molecule has 0 saturated heterocycles. The average Bonchev–Trinajstić information content (AvgIpc) is 3.17. The van der Waals surface area contributed by atoms with E-state index in [1.165, 1.54) is 6.07 Å². The van der Waals surface area contributed by atoms with Crippen molar-refractivity contribution in [1.29, 1.82) is 0 Å². The Balaban J connectivity index is 1.40. The maximum atomic E-state index is 13.6. The standard InChI is InChI=1S/C21H17FN4O2/c22-18-6-2-1-4-15(18)13-27-20-8-7-14(12-25-20)10-16-11-19(28-26-16)17-5-3-9-24-21(17)23/h1-9,11-12H,10,13H2,(H2,23,24). The lowest BCUT2D eigenvalue weighted by molar-refractivity contribution is 0.288. The first-order valence-corrected chi connectivity index (χ1v) is 8.66. The van der Waals surface area contributed by atoms with Crippen LogP contribution in [0.2, 0.25) is 0 Å². The van der Waals surface area contributed by atoms with Crippen LogP contribution in [-0.4, -0.2) is 15.1 Å². The van der Waals surface area contributed by atoms with Gasteiger partial charge in [-0.05, 0) is 23.8 Å². The summed E-state index contributed by atoms with van der Waals surface area (Å²) in [6, 6.07) is 15.6. The zero-order chi connectivity index (χ0) is 19.3. The highest BCUT2D eigenvalue weighted by atomic mass is 19.1. The summed E-state index contributed by atoms with van der Waals surface area (Å²) >= 11 is 0. The van der Waals surface area contributed by atoms with Crippen molar-refractivity contribution in [2.24, 2.45) is 0 Å². The predicted molar refractivity (Wildman–Crippen MR) is 102 cm³/mol. The van der Waals surface area contributed by atoms with Crippen LogP contribution in [0.3, 0.4) is 0 Å². The van der Waals surface area contributed by atoms with Crippen molar-refractivity contribution < 1.29 is 13.7 Å². The molecule has 0 atom stereocenters. The number of ether oxygens (including phenoxy) is 1. The normalized spacial score (nSPS) is 10.8. The van der Waals surface area contributed by atoms with Crippen LogP contribution in [0.1, 0.15) is 16.8 Å². The molecule has 0 aliphatic rings. The van der Waals surface area contributed by atoms with Gasteiger partial charge >= 0.3 is 0 Å². The van der Waals surface area contributed by atoms with Crippen LogP contribution in [0.15, 0.2) is 71.5 Å². The molecule has 6 nitrogen and oxygen atoms in total. The van der Waals surface area contributed by atoms with Gasteiger partial charge in [0, 0.05) is 36.5 Å². The Hall–Kier alpha value is -3.74. The first kappa shape index (κ1) is 17.7. The summed E-state index contributed by atoms with van der Waals surface area (Å²) in [7, 11) is 0. The van der Waals surface area contributed by atoms with Gasteiger partial charge in [-0.15, -0.1) is 0 Å². The largest absolute Gasteiger partial charge is 0.473 e. The minimum Gasteiger partial charge on any atom is -0.473 e. The number of nitrogens with two attached hydrogens (primary N) is 1. The highest BCUT2D eigenvalue weighted by Crippen LogP contribution is 2.25. The molecule has 0 saturated carbocycles. The van der Waals surface area contributed by atoms with Crippen molar-refractivity contribution >= 4 is 5.82 Å². The fourth-order valence-corrected chi connectivity index (χ4v) is 2.73. The van der Waals surface area contributed by atoms with E-state index in [4.69, 9.17) is 15.0 Å². The Labute approximate surface area is 160 Å². The molecule has 4 aromatic rings. The highest BCUT2D eigenvalue weighted by Gasteiger charge is 2.11. The summed E-state index contributed by atoms with van der Waals surface area (Å²) in [5, 5.41) is 4.08. The van der Waals surface area contributed by atoms with Crippen molar-refractivity contribution in [3.63, 3.8) is 0 Å². The molecule has 0 radical (unpaired) electrons. The third-order valence-electron chi connectivity index (χ3n) is 4.18. The fourth-order valence-electron chi connectivity index (χ4n) is 2.73. The second-order valence-corrected chi connectivity index (χ2v) is 6.18. The van der Waals surface area contributed by atoms with E-state index in [0.717, 1.165) is 11.3 Å². The molecule has 0 aliphatic heterocycles. The van der Waals surface area contributed by atoms with E-state index in [-0.39, 0.29) is 12.4 Å². The van der Waals surface area contributed by atoms with Gasteiger partial charge in [-0.2, -0.15) is 0 Å². The molecular weight excluding hydrogens is 359 g/mol. The number of anilines is 1. The van der Waals surface area contributed by atoms with Crippen molar-refractivity contribution in [3.05, 3.63) is 89.6 Å². The summed E-state index contributed by atoms with van der Waals surface area (Å²) in [5.41, 5.74) is 8.75. The average molecular weight is 376 g/mol. The van der Waals surface area contributed by atoms with Gasteiger partial charge in [0.15, 0.2) is 5.76 Å². The van der Waals surface area contributed by atoms with Crippen LogP contribution in [0.25, 0.3) is 11.3 Å². The van der Waals surface area contributed by atoms with E-state index in [1.54, 1.807) is 42.7 Å². The quantitative estimate of drug-likeness (QED) is 0.547. The van der Waals surface area contributed by atoms with Crippen LogP contribution in [0.5, 0.6) is 5.88 Å². The Bertz CT molecular complexity index is 1080. The van der Waals surface area contributed by atoms with E-state index in [1.807, 2.05) is 18.2 Å². The number of benzene rings is 1. The first-order valence-electron chi connectivity index (χ1n) is 8.66. The number of rotatable bonds is 6. The smallest absolute Gasteiger partial charge is 0.213 e. The molecule has 0 unspecified atom stereocenters. The summed E-state index contributed by atoms with van der Waals surface area (Å²) < 4.78 is 24.5. The van der Waals surface area contributed by atoms with E-state index in [2.05, 4.69) is 15.1 Å². The molecule has 0 amide bonds. The second-order valence-electron chi connectivity index (χ2n) is 6.18. The van der Waals surface area contributed by atoms with Crippen molar-refractivity contribution in [2.45, 2.75) is 13.0 Å². The molecular formula is C21H17FN4O2. The number of nitrogen functional groups attached to an aromatic ring is 1.